The highest BCUT2D eigenvalue weighted by Crippen LogP contribution is 2.25. The molecule has 0 saturated carbocycles. The van der Waals surface area contributed by atoms with Gasteiger partial charge < -0.3 is 14.3 Å². The number of aryl methyl sites for hydroxylation is 2. The standard InChI is InChI=1S/C22H21N3O3S/c1-14-15(2)29-21-19(14)20(26)23-18(24-21)13-25(22(27)17-9-6-12-28-17)11-10-16-7-4-3-5-8-16/h3-9,12H,10-11,13H2,1-2H3,(H,23,24,26). The van der Waals surface area contributed by atoms with Crippen LogP contribution in [0.5, 0.6) is 0 Å². The summed E-state index contributed by atoms with van der Waals surface area (Å²) in [5.74, 6) is 0.508. The molecule has 0 spiro atoms. The zero-order chi connectivity index (χ0) is 20.4. The summed E-state index contributed by atoms with van der Waals surface area (Å²) in [5, 5.41) is 0.629. The monoisotopic (exact) mass is 407 g/mol. The Bertz CT molecular complexity index is 1190. The van der Waals surface area contributed by atoms with Crippen molar-refractivity contribution >= 4 is 27.5 Å². The molecule has 1 N–H and O–H groups in total. The van der Waals surface area contributed by atoms with Gasteiger partial charge in [0.2, 0.25) is 0 Å². The van der Waals surface area contributed by atoms with E-state index in [4.69, 9.17) is 4.42 Å². The molecule has 1 aromatic carbocycles. The average molecular weight is 407 g/mol. The highest BCUT2D eigenvalue weighted by Gasteiger charge is 2.20. The van der Waals surface area contributed by atoms with Crippen molar-refractivity contribution in [3.8, 4) is 0 Å². The maximum absolute atomic E-state index is 13.0. The molecule has 0 unspecified atom stereocenters. The molecule has 7 heteroatoms. The molecule has 3 heterocycles. The predicted octanol–water partition coefficient (Wildman–Crippen LogP) is 4.08. The van der Waals surface area contributed by atoms with Gasteiger partial charge in [-0.15, -0.1) is 11.3 Å². The second kappa shape index (κ2) is 8.05. The Morgan fingerprint density at radius 1 is 1.17 bits per heavy atom. The molecule has 29 heavy (non-hydrogen) atoms. The molecule has 0 aliphatic carbocycles. The highest BCUT2D eigenvalue weighted by molar-refractivity contribution is 7.18. The maximum Gasteiger partial charge on any atom is 0.289 e. The minimum Gasteiger partial charge on any atom is -0.459 e. The van der Waals surface area contributed by atoms with Gasteiger partial charge in [-0.05, 0) is 43.5 Å². The number of furan rings is 1. The number of carbonyl (C=O) groups is 1. The fraction of sp³-hybridized carbons (Fsp3) is 0.227. The number of carbonyl (C=O) groups excluding carboxylic acids is 1. The number of fused-ring (bicyclic) bond motifs is 1. The Morgan fingerprint density at radius 3 is 2.69 bits per heavy atom. The van der Waals surface area contributed by atoms with Gasteiger partial charge in [-0.3, -0.25) is 9.59 Å². The average Bonchev–Trinajstić information content (AvgIpc) is 3.34. The number of H-pyrrole nitrogens is 1. The molecule has 3 aromatic heterocycles. The van der Waals surface area contributed by atoms with Crippen LogP contribution in [-0.2, 0) is 13.0 Å². The van der Waals surface area contributed by atoms with Crippen LogP contribution >= 0.6 is 11.3 Å². The highest BCUT2D eigenvalue weighted by atomic mass is 32.1. The molecule has 0 fully saturated rings. The fourth-order valence-electron chi connectivity index (χ4n) is 3.27. The van der Waals surface area contributed by atoms with E-state index < -0.39 is 0 Å². The van der Waals surface area contributed by atoms with Crippen LogP contribution in [0.3, 0.4) is 0 Å². The molecule has 0 saturated heterocycles. The van der Waals surface area contributed by atoms with Crippen molar-refractivity contribution in [3.05, 3.63) is 86.7 Å². The Hall–Kier alpha value is -3.19. The summed E-state index contributed by atoms with van der Waals surface area (Å²) >= 11 is 1.50. The second-order valence-electron chi connectivity index (χ2n) is 6.92. The molecule has 0 radical (unpaired) electrons. The lowest BCUT2D eigenvalue weighted by Crippen LogP contribution is -2.33. The van der Waals surface area contributed by atoms with Gasteiger partial charge in [0.25, 0.3) is 11.5 Å². The Labute approximate surface area is 171 Å². The van der Waals surface area contributed by atoms with Gasteiger partial charge in [0.1, 0.15) is 10.7 Å². The molecule has 0 bridgehead atoms. The summed E-state index contributed by atoms with van der Waals surface area (Å²) < 4.78 is 5.30. The van der Waals surface area contributed by atoms with Crippen LogP contribution in [0.25, 0.3) is 10.2 Å². The number of rotatable bonds is 6. The third-order valence-electron chi connectivity index (χ3n) is 4.96. The van der Waals surface area contributed by atoms with Crippen LogP contribution < -0.4 is 5.56 Å². The molecule has 148 valence electrons. The molecule has 0 aliphatic rings. The van der Waals surface area contributed by atoms with Gasteiger partial charge in [-0.25, -0.2) is 4.98 Å². The number of thiophene rings is 1. The normalized spacial score (nSPS) is 11.1. The minimum atomic E-state index is -0.229. The SMILES string of the molecule is Cc1sc2nc(CN(CCc3ccccc3)C(=O)c3ccco3)[nH]c(=O)c2c1C. The number of hydrogen-bond acceptors (Lipinski definition) is 5. The summed E-state index contributed by atoms with van der Waals surface area (Å²) in [7, 11) is 0. The number of nitrogens with zero attached hydrogens (tertiary/aromatic N) is 2. The quantitative estimate of drug-likeness (QED) is 0.522. The summed E-state index contributed by atoms with van der Waals surface area (Å²) in [5.41, 5.74) is 1.92. The van der Waals surface area contributed by atoms with Crippen molar-refractivity contribution in [2.45, 2.75) is 26.8 Å². The number of hydrogen-bond donors (Lipinski definition) is 1. The number of amides is 1. The second-order valence-corrected chi connectivity index (χ2v) is 8.12. The smallest absolute Gasteiger partial charge is 0.289 e. The summed E-state index contributed by atoms with van der Waals surface area (Å²) in [6.07, 6.45) is 2.17. The van der Waals surface area contributed by atoms with Crippen molar-refractivity contribution < 1.29 is 9.21 Å². The number of aromatic nitrogens is 2. The van der Waals surface area contributed by atoms with Crippen LogP contribution in [0, 0.1) is 13.8 Å². The van der Waals surface area contributed by atoms with E-state index in [1.807, 2.05) is 44.2 Å². The Morgan fingerprint density at radius 2 is 1.97 bits per heavy atom. The maximum atomic E-state index is 13.0. The zero-order valence-electron chi connectivity index (χ0n) is 16.3. The van der Waals surface area contributed by atoms with Gasteiger partial charge in [-0.2, -0.15) is 0 Å². The first kappa shape index (κ1) is 19.1. The van der Waals surface area contributed by atoms with E-state index in [9.17, 15) is 9.59 Å². The van der Waals surface area contributed by atoms with Gasteiger partial charge in [0, 0.05) is 11.4 Å². The van der Waals surface area contributed by atoms with Crippen LogP contribution in [-0.4, -0.2) is 27.3 Å². The number of nitrogens with one attached hydrogen (secondary N) is 1. The largest absolute Gasteiger partial charge is 0.459 e. The fourth-order valence-corrected chi connectivity index (χ4v) is 4.32. The van der Waals surface area contributed by atoms with E-state index in [0.29, 0.717) is 29.0 Å². The van der Waals surface area contributed by atoms with E-state index in [0.717, 1.165) is 16.0 Å². The van der Waals surface area contributed by atoms with Crippen molar-refractivity contribution in [3.63, 3.8) is 0 Å². The van der Waals surface area contributed by atoms with Crippen molar-refractivity contribution in [2.24, 2.45) is 0 Å². The molecular weight excluding hydrogens is 386 g/mol. The van der Waals surface area contributed by atoms with E-state index in [1.165, 1.54) is 17.6 Å². The first-order valence-electron chi connectivity index (χ1n) is 9.38. The van der Waals surface area contributed by atoms with E-state index in [1.54, 1.807) is 17.0 Å². The van der Waals surface area contributed by atoms with E-state index >= 15 is 0 Å². The van der Waals surface area contributed by atoms with Crippen LogP contribution in [0.15, 0.2) is 57.9 Å². The molecule has 6 nitrogen and oxygen atoms in total. The molecule has 1 amide bonds. The molecule has 0 aliphatic heterocycles. The lowest BCUT2D eigenvalue weighted by atomic mass is 10.1. The Balaban J connectivity index is 1.63. The van der Waals surface area contributed by atoms with Gasteiger partial charge in [-0.1, -0.05) is 30.3 Å². The lowest BCUT2D eigenvalue weighted by Gasteiger charge is -2.21. The predicted molar refractivity (Wildman–Crippen MR) is 113 cm³/mol. The Kier molecular flexibility index (Phi) is 5.31. The summed E-state index contributed by atoms with van der Waals surface area (Å²) in [6.45, 7) is 4.59. The third kappa shape index (κ3) is 4.00. The lowest BCUT2D eigenvalue weighted by molar-refractivity contribution is 0.0708. The van der Waals surface area contributed by atoms with Crippen LogP contribution in [0.1, 0.15) is 32.4 Å². The van der Waals surface area contributed by atoms with Crippen LogP contribution in [0.2, 0.25) is 0 Å². The topological polar surface area (TPSA) is 79.2 Å². The minimum absolute atomic E-state index is 0.166. The first-order chi connectivity index (χ1) is 14.0. The molecule has 0 atom stereocenters. The number of aromatic amines is 1. The van der Waals surface area contributed by atoms with Gasteiger partial charge in [0.15, 0.2) is 5.76 Å². The van der Waals surface area contributed by atoms with Crippen molar-refractivity contribution in [2.75, 3.05) is 6.54 Å². The van der Waals surface area contributed by atoms with Crippen molar-refractivity contribution in [1.82, 2.24) is 14.9 Å². The third-order valence-corrected chi connectivity index (χ3v) is 6.06. The van der Waals surface area contributed by atoms with Crippen LogP contribution in [0.4, 0.5) is 0 Å². The molecule has 4 aromatic rings. The van der Waals surface area contributed by atoms with E-state index in [-0.39, 0.29) is 23.8 Å². The number of benzene rings is 1. The van der Waals surface area contributed by atoms with Crippen molar-refractivity contribution in [1.29, 1.82) is 0 Å². The summed E-state index contributed by atoms with van der Waals surface area (Å²) in [6, 6.07) is 13.3. The molecule has 4 rings (SSSR count). The van der Waals surface area contributed by atoms with Gasteiger partial charge in [0.05, 0.1) is 18.2 Å². The summed E-state index contributed by atoms with van der Waals surface area (Å²) in [4.78, 5) is 36.4. The van der Waals surface area contributed by atoms with Gasteiger partial charge >= 0.3 is 0 Å². The zero-order valence-corrected chi connectivity index (χ0v) is 17.1. The van der Waals surface area contributed by atoms with E-state index in [2.05, 4.69) is 9.97 Å². The first-order valence-corrected chi connectivity index (χ1v) is 10.2. The molecular formula is C22H21N3O3S.